The van der Waals surface area contributed by atoms with Crippen molar-refractivity contribution in [3.63, 3.8) is 0 Å². The summed E-state index contributed by atoms with van der Waals surface area (Å²) in [7, 11) is 3.58. The Kier molecular flexibility index (Phi) is 11.7. The van der Waals surface area contributed by atoms with Crippen molar-refractivity contribution in [2.75, 3.05) is 79.6 Å². The van der Waals surface area contributed by atoms with Crippen LogP contribution in [0.1, 0.15) is 34.0 Å². The van der Waals surface area contributed by atoms with E-state index in [9.17, 15) is 4.79 Å². The second kappa shape index (κ2) is 15.0. The summed E-state index contributed by atoms with van der Waals surface area (Å²) < 4.78 is 4.84. The predicted octanol–water partition coefficient (Wildman–Crippen LogP) is 1.47. The number of carbonyl (C=O) groups excluding carboxylic acids is 1. The van der Waals surface area contributed by atoms with Crippen molar-refractivity contribution >= 4 is 5.97 Å². The average Bonchev–Trinajstić information content (AvgIpc) is 2.88. The lowest BCUT2D eigenvalue weighted by molar-refractivity contribution is 0.0593. The molecule has 0 saturated carbocycles. The maximum Gasteiger partial charge on any atom is 0.356 e. The third kappa shape index (κ3) is 9.55. The first-order valence-corrected chi connectivity index (χ1v) is 13.0. The van der Waals surface area contributed by atoms with Crippen LogP contribution in [0.3, 0.4) is 0 Å². The Morgan fingerprint density at radius 1 is 0.861 bits per heavy atom. The molecule has 2 aromatic heterocycles. The molecule has 198 valence electrons. The van der Waals surface area contributed by atoms with Crippen LogP contribution in [-0.2, 0) is 17.8 Å². The molecule has 1 aliphatic heterocycles. The first kappa shape index (κ1) is 28.1. The Labute approximate surface area is 216 Å². The molecule has 3 rings (SSSR count). The third-order valence-corrected chi connectivity index (χ3v) is 6.66. The minimum Gasteiger partial charge on any atom is -0.464 e. The molecule has 0 aromatic carbocycles. The minimum atomic E-state index is -0.399. The number of hydrogen-bond acceptors (Lipinski definition) is 9. The maximum absolute atomic E-state index is 11.9. The zero-order chi connectivity index (χ0) is 25.8. The van der Waals surface area contributed by atoms with Gasteiger partial charge in [-0.3, -0.25) is 14.8 Å². The molecule has 0 aliphatic carbocycles. The minimum absolute atomic E-state index is 0.356. The number of nitrogens with two attached hydrogens (primary N) is 1. The second-order valence-corrected chi connectivity index (χ2v) is 9.62. The molecule has 0 radical (unpaired) electrons. The van der Waals surface area contributed by atoms with Crippen LogP contribution in [0.25, 0.3) is 0 Å². The van der Waals surface area contributed by atoms with Gasteiger partial charge in [0.15, 0.2) is 0 Å². The fraction of sp³-hybridized carbons (Fsp3) is 0.593. The first-order chi connectivity index (χ1) is 17.5. The summed E-state index contributed by atoms with van der Waals surface area (Å²) in [6.07, 6.45) is 0.991. The number of methoxy groups -OCH3 is 1. The van der Waals surface area contributed by atoms with Crippen molar-refractivity contribution in [3.05, 3.63) is 59.2 Å². The van der Waals surface area contributed by atoms with E-state index >= 15 is 0 Å². The van der Waals surface area contributed by atoms with Crippen LogP contribution >= 0.6 is 0 Å². The number of hydrogen-bond donors (Lipinski definition) is 1. The van der Waals surface area contributed by atoms with Crippen molar-refractivity contribution in [1.29, 1.82) is 0 Å². The quantitative estimate of drug-likeness (QED) is 0.545. The third-order valence-electron chi connectivity index (χ3n) is 6.66. The van der Waals surface area contributed by atoms with Crippen LogP contribution < -0.4 is 5.73 Å². The van der Waals surface area contributed by atoms with E-state index in [1.165, 1.54) is 7.11 Å². The van der Waals surface area contributed by atoms with E-state index in [1.807, 2.05) is 12.1 Å². The van der Waals surface area contributed by atoms with Crippen LogP contribution in [0.2, 0.25) is 0 Å². The molecular formula is C27H43N7O2. The molecule has 0 amide bonds. The van der Waals surface area contributed by atoms with Gasteiger partial charge in [-0.2, -0.15) is 0 Å². The van der Waals surface area contributed by atoms with Gasteiger partial charge in [-0.1, -0.05) is 12.1 Å². The van der Waals surface area contributed by atoms with E-state index in [4.69, 9.17) is 15.5 Å². The molecule has 0 atom stereocenters. The van der Waals surface area contributed by atoms with Crippen LogP contribution in [0.15, 0.2) is 36.4 Å². The van der Waals surface area contributed by atoms with Gasteiger partial charge < -0.3 is 20.3 Å². The number of ether oxygens (including phenoxy) is 1. The van der Waals surface area contributed by atoms with E-state index in [2.05, 4.69) is 56.8 Å². The molecule has 3 heterocycles. The van der Waals surface area contributed by atoms with Gasteiger partial charge >= 0.3 is 5.97 Å². The van der Waals surface area contributed by atoms with Gasteiger partial charge in [-0.25, -0.2) is 9.78 Å². The fourth-order valence-corrected chi connectivity index (χ4v) is 4.42. The highest BCUT2D eigenvalue weighted by Crippen LogP contribution is 2.09. The zero-order valence-corrected chi connectivity index (χ0v) is 22.2. The molecule has 36 heavy (non-hydrogen) atoms. The van der Waals surface area contributed by atoms with Gasteiger partial charge in [-0.05, 0) is 57.7 Å². The number of carbonyl (C=O) groups is 1. The Morgan fingerprint density at radius 2 is 1.42 bits per heavy atom. The topological polar surface area (TPSA) is 91.1 Å². The van der Waals surface area contributed by atoms with Crippen LogP contribution in [-0.4, -0.2) is 115 Å². The molecule has 2 N–H and O–H groups in total. The number of nitrogens with zero attached hydrogens (tertiary/aromatic N) is 6. The van der Waals surface area contributed by atoms with E-state index in [1.54, 1.807) is 6.07 Å². The van der Waals surface area contributed by atoms with Gasteiger partial charge in [-0.15, -0.1) is 0 Å². The number of rotatable bonds is 8. The van der Waals surface area contributed by atoms with E-state index < -0.39 is 5.97 Å². The van der Waals surface area contributed by atoms with Gasteiger partial charge in [0.25, 0.3) is 0 Å². The van der Waals surface area contributed by atoms with Crippen LogP contribution in [0.4, 0.5) is 0 Å². The molecule has 0 bridgehead atoms. The number of aromatic nitrogens is 2. The number of pyridine rings is 2. The molecule has 0 spiro atoms. The molecule has 9 heteroatoms. The maximum atomic E-state index is 11.9. The predicted molar refractivity (Wildman–Crippen MR) is 143 cm³/mol. The van der Waals surface area contributed by atoms with Crippen molar-refractivity contribution < 1.29 is 9.53 Å². The van der Waals surface area contributed by atoms with Crippen molar-refractivity contribution in [3.8, 4) is 0 Å². The lowest BCUT2D eigenvalue weighted by atomic mass is 10.2. The fourth-order valence-electron chi connectivity index (χ4n) is 4.42. The summed E-state index contributed by atoms with van der Waals surface area (Å²) >= 11 is 0. The first-order valence-electron chi connectivity index (χ1n) is 13.0. The highest BCUT2D eigenvalue weighted by atomic mass is 16.5. The van der Waals surface area contributed by atoms with Crippen molar-refractivity contribution in [2.45, 2.75) is 26.4 Å². The number of likely N-dealkylation sites (N-methyl/N-ethyl adjacent to an activating group) is 1. The lowest BCUT2D eigenvalue weighted by Crippen LogP contribution is -2.45. The van der Waals surface area contributed by atoms with Crippen LogP contribution in [0.5, 0.6) is 0 Å². The molecule has 1 fully saturated rings. The van der Waals surface area contributed by atoms with Crippen LogP contribution in [0, 0.1) is 6.92 Å². The SMILES string of the molecule is COC(=O)c1cccc(CN2CCN(C)CCN(Cc3cccc(C)n3)CCN(CCCN)CC2)n1. The highest BCUT2D eigenvalue weighted by molar-refractivity contribution is 5.87. The van der Waals surface area contributed by atoms with E-state index in [0.29, 0.717) is 18.8 Å². The van der Waals surface area contributed by atoms with Gasteiger partial charge in [0.05, 0.1) is 18.5 Å². The largest absolute Gasteiger partial charge is 0.464 e. The average molecular weight is 498 g/mol. The smallest absolute Gasteiger partial charge is 0.356 e. The lowest BCUT2D eigenvalue weighted by Gasteiger charge is -2.33. The summed E-state index contributed by atoms with van der Waals surface area (Å²) in [5.74, 6) is -0.399. The molecular weight excluding hydrogens is 454 g/mol. The van der Waals surface area contributed by atoms with Crippen molar-refractivity contribution in [2.24, 2.45) is 5.73 Å². The summed E-state index contributed by atoms with van der Waals surface area (Å²) in [5.41, 5.74) is 9.29. The highest BCUT2D eigenvalue weighted by Gasteiger charge is 2.17. The normalized spacial score (nSPS) is 17.9. The van der Waals surface area contributed by atoms with Gasteiger partial charge in [0, 0.05) is 71.1 Å². The second-order valence-electron chi connectivity index (χ2n) is 9.62. The molecule has 0 unspecified atom stereocenters. The van der Waals surface area contributed by atoms with Gasteiger partial charge in [0.2, 0.25) is 0 Å². The summed E-state index contributed by atoms with van der Waals surface area (Å²) in [6.45, 7) is 13.1. The summed E-state index contributed by atoms with van der Waals surface area (Å²) in [5, 5.41) is 0. The molecule has 9 nitrogen and oxygen atoms in total. The Bertz CT molecular complexity index is 942. The monoisotopic (exact) mass is 497 g/mol. The summed E-state index contributed by atoms with van der Waals surface area (Å²) in [4.78, 5) is 31.1. The molecule has 1 aliphatic rings. The Balaban J connectivity index is 1.67. The molecule has 1 saturated heterocycles. The van der Waals surface area contributed by atoms with E-state index in [0.717, 1.165) is 89.0 Å². The zero-order valence-electron chi connectivity index (χ0n) is 22.2. The standard InChI is InChI=1S/C27H43N7O2/c1-23-7-4-8-24(29-23)21-33-15-13-31(2)14-16-34(20-18-32(17-19-33)12-6-11-28)22-25-9-5-10-26(30-25)27(35)36-3/h4-5,7-10H,6,11-22,28H2,1-3H3. The van der Waals surface area contributed by atoms with Gasteiger partial charge in [0.1, 0.15) is 5.69 Å². The van der Waals surface area contributed by atoms with E-state index in [-0.39, 0.29) is 0 Å². The number of esters is 1. The summed E-state index contributed by atoms with van der Waals surface area (Å²) in [6, 6.07) is 11.8. The molecule has 2 aromatic rings. The van der Waals surface area contributed by atoms with Crippen molar-refractivity contribution in [1.82, 2.24) is 29.6 Å². The Morgan fingerprint density at radius 3 is 2.00 bits per heavy atom. The number of aryl methyl sites for hydroxylation is 1. The Hall–Kier alpha value is -2.43.